The molecule has 1 aliphatic rings. The largest absolute Gasteiger partial charge is 0.379 e. The van der Waals surface area contributed by atoms with E-state index in [2.05, 4.69) is 30.4 Å². The van der Waals surface area contributed by atoms with Gasteiger partial charge >= 0.3 is 0 Å². The predicted molar refractivity (Wildman–Crippen MR) is 62.7 cm³/mol. The van der Waals surface area contributed by atoms with Crippen molar-refractivity contribution in [3.05, 3.63) is 0 Å². The smallest absolute Gasteiger partial charge is 0.0620 e. The summed E-state index contributed by atoms with van der Waals surface area (Å²) in [6, 6.07) is 1.36. The Morgan fingerprint density at radius 3 is 2.93 bits per heavy atom. The third-order valence-corrected chi connectivity index (χ3v) is 2.63. The molecule has 3 heteroatoms. The van der Waals surface area contributed by atoms with E-state index in [0.717, 1.165) is 32.6 Å². The lowest BCUT2D eigenvalue weighted by Gasteiger charge is -2.28. The highest BCUT2D eigenvalue weighted by Crippen LogP contribution is 2.04. The van der Waals surface area contributed by atoms with E-state index in [1.165, 1.54) is 0 Å². The van der Waals surface area contributed by atoms with Gasteiger partial charge in [-0.3, -0.25) is 0 Å². The van der Waals surface area contributed by atoms with Crippen LogP contribution in [-0.2, 0) is 4.74 Å². The maximum absolute atomic E-state index is 5.41. The molecule has 0 aliphatic carbocycles. The van der Waals surface area contributed by atoms with Crippen molar-refractivity contribution in [2.24, 2.45) is 0 Å². The van der Waals surface area contributed by atoms with E-state index in [1.54, 1.807) is 0 Å². The van der Waals surface area contributed by atoms with E-state index in [0.29, 0.717) is 18.1 Å². The van der Waals surface area contributed by atoms with Gasteiger partial charge in [-0.2, -0.15) is 0 Å². The molecule has 3 atom stereocenters. The molecular weight excluding hydrogens is 188 g/mol. The minimum Gasteiger partial charge on any atom is -0.379 e. The summed E-state index contributed by atoms with van der Waals surface area (Å²) in [5.41, 5.74) is 0. The Labute approximate surface area is 93.0 Å². The van der Waals surface area contributed by atoms with Crippen LogP contribution < -0.4 is 10.6 Å². The molecular formula is C12H22N2O. The highest BCUT2D eigenvalue weighted by molar-refractivity contribution is 4.89. The topological polar surface area (TPSA) is 33.3 Å². The van der Waals surface area contributed by atoms with Gasteiger partial charge in [-0.05, 0) is 20.3 Å². The zero-order chi connectivity index (χ0) is 11.1. The first-order valence-electron chi connectivity index (χ1n) is 5.73. The maximum Gasteiger partial charge on any atom is 0.0620 e. The van der Waals surface area contributed by atoms with Crippen molar-refractivity contribution in [2.75, 3.05) is 19.8 Å². The van der Waals surface area contributed by atoms with E-state index in [4.69, 9.17) is 11.2 Å². The molecule has 1 fully saturated rings. The number of rotatable bonds is 5. The van der Waals surface area contributed by atoms with E-state index in [-0.39, 0.29) is 0 Å². The van der Waals surface area contributed by atoms with Gasteiger partial charge in [0.25, 0.3) is 0 Å². The van der Waals surface area contributed by atoms with Crippen LogP contribution in [0.5, 0.6) is 0 Å². The predicted octanol–water partition coefficient (Wildman–Crippen LogP) is 0.755. The van der Waals surface area contributed by atoms with E-state index < -0.39 is 0 Å². The summed E-state index contributed by atoms with van der Waals surface area (Å²) in [7, 11) is 0. The van der Waals surface area contributed by atoms with Gasteiger partial charge in [-0.15, -0.1) is 12.3 Å². The Balaban J connectivity index is 2.16. The van der Waals surface area contributed by atoms with Gasteiger partial charge in [0.2, 0.25) is 0 Å². The molecule has 0 aromatic carbocycles. The average Bonchev–Trinajstić information content (AvgIpc) is 2.19. The fourth-order valence-electron chi connectivity index (χ4n) is 1.99. The first-order valence-corrected chi connectivity index (χ1v) is 5.73. The van der Waals surface area contributed by atoms with Gasteiger partial charge in [0, 0.05) is 31.1 Å². The van der Waals surface area contributed by atoms with E-state index in [9.17, 15) is 0 Å². The molecule has 0 saturated carbocycles. The minimum atomic E-state index is 0.398. The fourth-order valence-corrected chi connectivity index (χ4v) is 1.99. The van der Waals surface area contributed by atoms with Crippen LogP contribution >= 0.6 is 0 Å². The second kappa shape index (κ2) is 6.84. The van der Waals surface area contributed by atoms with Crippen molar-refractivity contribution in [2.45, 2.75) is 44.8 Å². The maximum atomic E-state index is 5.41. The molecule has 86 valence electrons. The Morgan fingerprint density at radius 2 is 2.33 bits per heavy atom. The number of terminal acetylenes is 1. The van der Waals surface area contributed by atoms with Crippen LogP contribution in [0.2, 0.25) is 0 Å². The molecule has 3 unspecified atom stereocenters. The van der Waals surface area contributed by atoms with E-state index in [1.807, 2.05) is 0 Å². The summed E-state index contributed by atoms with van der Waals surface area (Å²) in [6.07, 6.45) is 7.15. The summed E-state index contributed by atoms with van der Waals surface area (Å²) >= 11 is 0. The van der Waals surface area contributed by atoms with Gasteiger partial charge in [0.15, 0.2) is 0 Å². The summed E-state index contributed by atoms with van der Waals surface area (Å²) in [6.45, 7) is 6.96. The summed E-state index contributed by atoms with van der Waals surface area (Å²) in [4.78, 5) is 0. The van der Waals surface area contributed by atoms with Gasteiger partial charge in [-0.25, -0.2) is 0 Å². The lowest BCUT2D eigenvalue weighted by Crippen LogP contribution is -2.46. The molecule has 1 heterocycles. The van der Waals surface area contributed by atoms with Crippen molar-refractivity contribution in [1.29, 1.82) is 0 Å². The van der Waals surface area contributed by atoms with Crippen molar-refractivity contribution in [3.8, 4) is 12.3 Å². The molecule has 1 rings (SSSR count). The van der Waals surface area contributed by atoms with Crippen LogP contribution in [-0.4, -0.2) is 37.9 Å². The third kappa shape index (κ3) is 5.17. The summed E-state index contributed by atoms with van der Waals surface area (Å²) in [5, 5.41) is 6.94. The number of hydrogen-bond acceptors (Lipinski definition) is 3. The van der Waals surface area contributed by atoms with E-state index >= 15 is 0 Å². The number of hydrogen-bond donors (Lipinski definition) is 2. The van der Waals surface area contributed by atoms with Crippen LogP contribution in [0.25, 0.3) is 0 Å². The Bertz CT molecular complexity index is 206. The summed E-state index contributed by atoms with van der Waals surface area (Å²) < 4.78 is 5.41. The van der Waals surface area contributed by atoms with Crippen molar-refractivity contribution >= 4 is 0 Å². The van der Waals surface area contributed by atoms with Crippen LogP contribution in [0.3, 0.4) is 0 Å². The molecule has 1 saturated heterocycles. The number of nitrogens with one attached hydrogen (secondary N) is 2. The third-order valence-electron chi connectivity index (χ3n) is 2.63. The monoisotopic (exact) mass is 210 g/mol. The zero-order valence-electron chi connectivity index (χ0n) is 9.75. The molecule has 0 radical (unpaired) electrons. The molecule has 15 heavy (non-hydrogen) atoms. The molecule has 3 nitrogen and oxygen atoms in total. The van der Waals surface area contributed by atoms with Crippen molar-refractivity contribution < 1.29 is 4.74 Å². The number of ether oxygens (including phenoxy) is 1. The molecule has 0 bridgehead atoms. The molecule has 0 amide bonds. The van der Waals surface area contributed by atoms with Crippen LogP contribution in [0.4, 0.5) is 0 Å². The standard InChI is InChI=1S/C12H22N2O/c1-4-5-10(2)14-11(3)8-12-9-15-7-6-13-12/h1,10-14H,5-9H2,2-3H3. The second-order valence-corrected chi connectivity index (χ2v) is 4.34. The quantitative estimate of drug-likeness (QED) is 0.657. The first kappa shape index (κ1) is 12.5. The molecule has 0 aromatic heterocycles. The lowest BCUT2D eigenvalue weighted by atomic mass is 10.1. The molecule has 0 spiro atoms. The normalized spacial score (nSPS) is 25.5. The van der Waals surface area contributed by atoms with Gasteiger partial charge < -0.3 is 15.4 Å². The summed E-state index contributed by atoms with van der Waals surface area (Å²) in [5.74, 6) is 2.67. The van der Waals surface area contributed by atoms with Gasteiger partial charge in [0.05, 0.1) is 13.2 Å². The van der Waals surface area contributed by atoms with Crippen LogP contribution in [0.1, 0.15) is 26.7 Å². The Kier molecular flexibility index (Phi) is 5.70. The van der Waals surface area contributed by atoms with Gasteiger partial charge in [-0.1, -0.05) is 0 Å². The molecule has 1 aliphatic heterocycles. The highest BCUT2D eigenvalue weighted by Gasteiger charge is 2.16. The van der Waals surface area contributed by atoms with Crippen LogP contribution in [0.15, 0.2) is 0 Å². The van der Waals surface area contributed by atoms with Crippen molar-refractivity contribution in [3.63, 3.8) is 0 Å². The molecule has 0 aromatic rings. The van der Waals surface area contributed by atoms with Crippen molar-refractivity contribution in [1.82, 2.24) is 10.6 Å². The fraction of sp³-hybridized carbons (Fsp3) is 0.833. The Morgan fingerprint density at radius 1 is 1.53 bits per heavy atom. The zero-order valence-corrected chi connectivity index (χ0v) is 9.75. The van der Waals surface area contributed by atoms with Gasteiger partial charge in [0.1, 0.15) is 0 Å². The first-order chi connectivity index (χ1) is 7.22. The average molecular weight is 210 g/mol. The van der Waals surface area contributed by atoms with Crippen LogP contribution in [0, 0.1) is 12.3 Å². The lowest BCUT2D eigenvalue weighted by molar-refractivity contribution is 0.0709. The SMILES string of the molecule is C#CCC(C)NC(C)CC1COCCN1. The minimum absolute atomic E-state index is 0.398. The molecule has 2 N–H and O–H groups in total. The highest BCUT2D eigenvalue weighted by atomic mass is 16.5. The number of morpholine rings is 1. The second-order valence-electron chi connectivity index (χ2n) is 4.34. The Hall–Kier alpha value is -0.560.